The van der Waals surface area contributed by atoms with Crippen molar-refractivity contribution in [3.05, 3.63) is 0 Å². The van der Waals surface area contributed by atoms with Crippen molar-refractivity contribution in [1.82, 2.24) is 0 Å². The van der Waals surface area contributed by atoms with Gasteiger partial charge in [0.1, 0.15) is 0 Å². The predicted octanol–water partition coefficient (Wildman–Crippen LogP) is 2.93. The Morgan fingerprint density at radius 3 is 2.44 bits per heavy atom. The largest absolute Gasteiger partial charge is 0.158 e. The first-order valence-corrected chi connectivity index (χ1v) is 4.83. The molecule has 0 aromatic carbocycles. The number of hydrogen-bond acceptors (Lipinski definition) is 1. The molecule has 1 heterocycles. The van der Waals surface area contributed by atoms with Crippen molar-refractivity contribution >= 4 is 11.8 Å². The second kappa shape index (κ2) is 2.53. The SMILES string of the molecule is CCC1SCCC1(C)C. The fraction of sp³-hybridized carbons (Fsp3) is 1.00. The van der Waals surface area contributed by atoms with Crippen molar-refractivity contribution in [2.75, 3.05) is 5.75 Å². The van der Waals surface area contributed by atoms with E-state index in [1.54, 1.807) is 0 Å². The van der Waals surface area contributed by atoms with E-state index in [0.717, 1.165) is 5.25 Å². The van der Waals surface area contributed by atoms with Crippen molar-refractivity contribution in [2.45, 2.75) is 38.9 Å². The monoisotopic (exact) mass is 144 g/mol. The van der Waals surface area contributed by atoms with E-state index in [2.05, 4.69) is 32.5 Å². The zero-order valence-corrected chi connectivity index (χ0v) is 7.42. The molecule has 54 valence electrons. The Morgan fingerprint density at radius 2 is 2.22 bits per heavy atom. The molecule has 1 heteroatoms. The van der Waals surface area contributed by atoms with Gasteiger partial charge < -0.3 is 0 Å². The molecule has 1 fully saturated rings. The molecule has 0 N–H and O–H groups in total. The summed E-state index contributed by atoms with van der Waals surface area (Å²) in [5, 5.41) is 0.928. The maximum Gasteiger partial charge on any atom is 0.00959 e. The van der Waals surface area contributed by atoms with Crippen molar-refractivity contribution in [2.24, 2.45) is 5.41 Å². The second-order valence-electron chi connectivity index (χ2n) is 3.51. The van der Waals surface area contributed by atoms with Gasteiger partial charge in [-0.05, 0) is 24.0 Å². The summed E-state index contributed by atoms with van der Waals surface area (Å²) in [5.41, 5.74) is 0.624. The van der Waals surface area contributed by atoms with Crippen LogP contribution in [-0.4, -0.2) is 11.0 Å². The molecule has 1 aliphatic heterocycles. The van der Waals surface area contributed by atoms with Crippen molar-refractivity contribution < 1.29 is 0 Å². The van der Waals surface area contributed by atoms with Gasteiger partial charge in [-0.1, -0.05) is 20.8 Å². The summed E-state index contributed by atoms with van der Waals surface area (Å²) in [6.45, 7) is 7.08. The number of rotatable bonds is 1. The van der Waals surface area contributed by atoms with Gasteiger partial charge in [0.05, 0.1) is 0 Å². The van der Waals surface area contributed by atoms with Gasteiger partial charge in [0.2, 0.25) is 0 Å². The van der Waals surface area contributed by atoms with Crippen LogP contribution in [0.15, 0.2) is 0 Å². The third-order valence-corrected chi connectivity index (χ3v) is 4.12. The standard InChI is InChI=1S/C8H16S/c1-4-7-8(2,3)5-6-9-7/h7H,4-6H2,1-3H3. The minimum absolute atomic E-state index is 0.624. The molecule has 1 saturated heterocycles. The smallest absolute Gasteiger partial charge is 0.00959 e. The summed E-state index contributed by atoms with van der Waals surface area (Å²) in [7, 11) is 0. The summed E-state index contributed by atoms with van der Waals surface area (Å²) < 4.78 is 0. The average Bonchev–Trinajstić information content (AvgIpc) is 2.08. The Morgan fingerprint density at radius 1 is 1.56 bits per heavy atom. The molecule has 0 spiro atoms. The Bertz CT molecular complexity index is 96.7. The molecule has 0 aromatic heterocycles. The molecule has 0 aliphatic carbocycles. The first-order chi connectivity index (χ1) is 4.17. The molecule has 0 amide bonds. The van der Waals surface area contributed by atoms with Gasteiger partial charge in [0.25, 0.3) is 0 Å². The van der Waals surface area contributed by atoms with E-state index in [1.807, 2.05) is 0 Å². The van der Waals surface area contributed by atoms with Gasteiger partial charge in [-0.15, -0.1) is 0 Å². The van der Waals surface area contributed by atoms with E-state index < -0.39 is 0 Å². The van der Waals surface area contributed by atoms with E-state index in [4.69, 9.17) is 0 Å². The highest BCUT2D eigenvalue weighted by Crippen LogP contribution is 2.43. The lowest BCUT2D eigenvalue weighted by Crippen LogP contribution is -2.19. The first-order valence-electron chi connectivity index (χ1n) is 3.78. The topological polar surface area (TPSA) is 0 Å². The zero-order valence-electron chi connectivity index (χ0n) is 6.61. The van der Waals surface area contributed by atoms with Crippen LogP contribution in [0.2, 0.25) is 0 Å². The first kappa shape index (κ1) is 7.46. The third-order valence-electron chi connectivity index (χ3n) is 2.31. The maximum atomic E-state index is 2.39. The third kappa shape index (κ3) is 1.43. The summed E-state index contributed by atoms with van der Waals surface area (Å²) in [5.74, 6) is 1.38. The van der Waals surface area contributed by atoms with Gasteiger partial charge in [0.15, 0.2) is 0 Å². The van der Waals surface area contributed by atoms with Crippen LogP contribution in [0, 0.1) is 5.41 Å². The van der Waals surface area contributed by atoms with Crippen LogP contribution in [-0.2, 0) is 0 Å². The van der Waals surface area contributed by atoms with Crippen LogP contribution < -0.4 is 0 Å². The average molecular weight is 144 g/mol. The lowest BCUT2D eigenvalue weighted by Gasteiger charge is -2.24. The molecule has 0 nitrogen and oxygen atoms in total. The van der Waals surface area contributed by atoms with E-state index >= 15 is 0 Å². The summed E-state index contributed by atoms with van der Waals surface area (Å²) >= 11 is 2.15. The fourth-order valence-electron chi connectivity index (χ4n) is 1.52. The molecule has 0 bridgehead atoms. The lowest BCUT2D eigenvalue weighted by molar-refractivity contribution is 0.353. The van der Waals surface area contributed by atoms with Crippen molar-refractivity contribution in [3.8, 4) is 0 Å². The Balaban J connectivity index is 2.52. The van der Waals surface area contributed by atoms with Gasteiger partial charge in [-0.2, -0.15) is 11.8 Å². The normalized spacial score (nSPS) is 33.0. The molecule has 1 rings (SSSR count). The van der Waals surface area contributed by atoms with Gasteiger partial charge in [-0.25, -0.2) is 0 Å². The van der Waals surface area contributed by atoms with Crippen LogP contribution in [0.1, 0.15) is 33.6 Å². The molecule has 0 radical (unpaired) electrons. The van der Waals surface area contributed by atoms with Gasteiger partial charge in [0, 0.05) is 5.25 Å². The van der Waals surface area contributed by atoms with Crippen molar-refractivity contribution in [3.63, 3.8) is 0 Å². The highest BCUT2D eigenvalue weighted by Gasteiger charge is 2.33. The van der Waals surface area contributed by atoms with Crippen molar-refractivity contribution in [1.29, 1.82) is 0 Å². The summed E-state index contributed by atoms with van der Waals surface area (Å²) in [6, 6.07) is 0. The van der Waals surface area contributed by atoms with E-state index in [-0.39, 0.29) is 0 Å². The summed E-state index contributed by atoms with van der Waals surface area (Å²) in [4.78, 5) is 0. The van der Waals surface area contributed by atoms with Crippen LogP contribution in [0.3, 0.4) is 0 Å². The molecular weight excluding hydrogens is 128 g/mol. The van der Waals surface area contributed by atoms with Crippen LogP contribution in [0.5, 0.6) is 0 Å². The molecular formula is C8H16S. The Kier molecular flexibility index (Phi) is 2.10. The van der Waals surface area contributed by atoms with Crippen LogP contribution in [0.25, 0.3) is 0 Å². The summed E-state index contributed by atoms with van der Waals surface area (Å²) in [6.07, 6.45) is 2.76. The zero-order chi connectivity index (χ0) is 6.91. The lowest BCUT2D eigenvalue weighted by atomic mass is 9.85. The molecule has 1 atom stereocenters. The quantitative estimate of drug-likeness (QED) is 0.545. The molecule has 9 heavy (non-hydrogen) atoms. The minimum atomic E-state index is 0.624. The molecule has 0 saturated carbocycles. The number of thioether (sulfide) groups is 1. The highest BCUT2D eigenvalue weighted by atomic mass is 32.2. The molecule has 1 unspecified atom stereocenters. The number of hydrogen-bond donors (Lipinski definition) is 0. The highest BCUT2D eigenvalue weighted by molar-refractivity contribution is 8.00. The van der Waals surface area contributed by atoms with E-state index in [9.17, 15) is 0 Å². The maximum absolute atomic E-state index is 2.39. The molecule has 0 aromatic rings. The Hall–Kier alpha value is 0.350. The van der Waals surface area contributed by atoms with Gasteiger partial charge >= 0.3 is 0 Å². The van der Waals surface area contributed by atoms with Crippen LogP contribution in [0.4, 0.5) is 0 Å². The van der Waals surface area contributed by atoms with E-state index in [0.29, 0.717) is 5.41 Å². The Labute approximate surface area is 62.4 Å². The fourth-order valence-corrected chi connectivity index (χ4v) is 3.25. The predicted molar refractivity (Wildman–Crippen MR) is 44.9 cm³/mol. The minimum Gasteiger partial charge on any atom is -0.158 e. The van der Waals surface area contributed by atoms with Crippen LogP contribution >= 0.6 is 11.8 Å². The van der Waals surface area contributed by atoms with E-state index in [1.165, 1.54) is 18.6 Å². The second-order valence-corrected chi connectivity index (χ2v) is 4.82. The van der Waals surface area contributed by atoms with Gasteiger partial charge in [-0.3, -0.25) is 0 Å². The molecule has 1 aliphatic rings.